The summed E-state index contributed by atoms with van der Waals surface area (Å²) in [4.78, 5) is 28.1. The zero-order valence-corrected chi connectivity index (χ0v) is 13.8. The molecular weight excluding hydrogens is 325 g/mol. The monoisotopic (exact) mass is 345 g/mol. The van der Waals surface area contributed by atoms with E-state index in [0.717, 1.165) is 0 Å². The van der Waals surface area contributed by atoms with Crippen molar-refractivity contribution in [3.8, 4) is 0 Å². The van der Waals surface area contributed by atoms with Gasteiger partial charge in [-0.25, -0.2) is 4.39 Å². The number of amides is 2. The smallest absolute Gasteiger partial charge is 0.253 e. The van der Waals surface area contributed by atoms with Crippen molar-refractivity contribution < 1.29 is 18.4 Å². The minimum Gasteiger partial charge on any atom is -0.467 e. The number of hydrogen-bond acceptors (Lipinski definition) is 4. The Bertz CT molecular complexity index is 708. The first kappa shape index (κ1) is 17.2. The summed E-state index contributed by atoms with van der Waals surface area (Å²) in [6.45, 7) is 3.00. The van der Waals surface area contributed by atoms with Crippen LogP contribution in [0.4, 0.5) is 4.39 Å². The second-order valence-electron chi connectivity index (χ2n) is 5.93. The molecule has 0 atom stereocenters. The largest absolute Gasteiger partial charge is 0.467 e. The number of nitrogens with one attached hydrogen (secondary N) is 1. The van der Waals surface area contributed by atoms with Crippen LogP contribution in [-0.2, 0) is 11.3 Å². The van der Waals surface area contributed by atoms with Crippen molar-refractivity contribution in [2.24, 2.45) is 0 Å². The molecular formula is C18H20FN3O3. The van der Waals surface area contributed by atoms with Crippen LogP contribution in [0.3, 0.4) is 0 Å². The predicted molar refractivity (Wildman–Crippen MR) is 89.3 cm³/mol. The van der Waals surface area contributed by atoms with Crippen LogP contribution in [-0.4, -0.2) is 54.3 Å². The number of benzene rings is 1. The molecule has 0 saturated carbocycles. The minimum atomic E-state index is -0.359. The van der Waals surface area contributed by atoms with Gasteiger partial charge in [-0.05, 0) is 36.4 Å². The molecule has 0 spiro atoms. The lowest BCUT2D eigenvalue weighted by Gasteiger charge is -2.34. The Morgan fingerprint density at radius 3 is 2.44 bits per heavy atom. The van der Waals surface area contributed by atoms with Gasteiger partial charge in [-0.3, -0.25) is 14.5 Å². The van der Waals surface area contributed by atoms with Gasteiger partial charge < -0.3 is 14.6 Å². The summed E-state index contributed by atoms with van der Waals surface area (Å²) in [5, 5.41) is 2.81. The third-order valence-corrected chi connectivity index (χ3v) is 4.16. The average Bonchev–Trinajstić information content (AvgIpc) is 3.14. The SMILES string of the molecule is O=C(CN1CCN(C(=O)c2ccc(F)cc2)CC1)NCc1ccco1. The Kier molecular flexibility index (Phi) is 5.45. The van der Waals surface area contributed by atoms with Gasteiger partial charge in [-0.2, -0.15) is 0 Å². The third kappa shape index (κ3) is 4.67. The van der Waals surface area contributed by atoms with Crippen molar-refractivity contribution in [1.82, 2.24) is 15.1 Å². The summed E-state index contributed by atoms with van der Waals surface area (Å²) in [5.74, 6) is 0.168. The van der Waals surface area contributed by atoms with Gasteiger partial charge in [-0.1, -0.05) is 0 Å². The highest BCUT2D eigenvalue weighted by Crippen LogP contribution is 2.10. The summed E-state index contributed by atoms with van der Waals surface area (Å²) < 4.78 is 18.1. The quantitative estimate of drug-likeness (QED) is 0.892. The molecule has 1 N–H and O–H groups in total. The van der Waals surface area contributed by atoms with Crippen molar-refractivity contribution in [3.63, 3.8) is 0 Å². The first-order valence-corrected chi connectivity index (χ1v) is 8.18. The lowest BCUT2D eigenvalue weighted by molar-refractivity contribution is -0.122. The molecule has 1 aromatic heterocycles. The van der Waals surface area contributed by atoms with E-state index in [1.807, 2.05) is 4.90 Å². The van der Waals surface area contributed by atoms with E-state index in [0.29, 0.717) is 50.6 Å². The van der Waals surface area contributed by atoms with Gasteiger partial charge in [0, 0.05) is 31.7 Å². The van der Waals surface area contributed by atoms with Gasteiger partial charge >= 0.3 is 0 Å². The van der Waals surface area contributed by atoms with E-state index in [-0.39, 0.29) is 17.6 Å². The molecule has 1 aromatic carbocycles. The summed E-state index contributed by atoms with van der Waals surface area (Å²) in [6.07, 6.45) is 1.57. The summed E-state index contributed by atoms with van der Waals surface area (Å²) in [6, 6.07) is 9.14. The topological polar surface area (TPSA) is 65.8 Å². The molecule has 25 heavy (non-hydrogen) atoms. The molecule has 7 heteroatoms. The number of piperazine rings is 1. The number of carbonyl (C=O) groups is 2. The maximum absolute atomic E-state index is 12.9. The van der Waals surface area contributed by atoms with E-state index in [9.17, 15) is 14.0 Å². The summed E-state index contributed by atoms with van der Waals surface area (Å²) in [7, 11) is 0. The van der Waals surface area contributed by atoms with Crippen LogP contribution in [0.5, 0.6) is 0 Å². The van der Waals surface area contributed by atoms with Crippen LogP contribution in [0, 0.1) is 5.82 Å². The molecule has 0 bridgehead atoms. The maximum Gasteiger partial charge on any atom is 0.253 e. The first-order valence-electron chi connectivity index (χ1n) is 8.18. The van der Waals surface area contributed by atoms with E-state index < -0.39 is 0 Å². The number of halogens is 1. The Morgan fingerprint density at radius 1 is 1.08 bits per heavy atom. The van der Waals surface area contributed by atoms with Crippen LogP contribution >= 0.6 is 0 Å². The van der Waals surface area contributed by atoms with Crippen LogP contribution in [0.1, 0.15) is 16.1 Å². The normalized spacial score (nSPS) is 15.2. The van der Waals surface area contributed by atoms with E-state index >= 15 is 0 Å². The van der Waals surface area contributed by atoms with Crippen molar-refractivity contribution in [1.29, 1.82) is 0 Å². The Balaban J connectivity index is 1.42. The van der Waals surface area contributed by atoms with E-state index in [1.54, 1.807) is 23.3 Å². The van der Waals surface area contributed by atoms with Crippen LogP contribution < -0.4 is 5.32 Å². The number of nitrogens with zero attached hydrogens (tertiary/aromatic N) is 2. The Hall–Kier alpha value is -2.67. The third-order valence-electron chi connectivity index (χ3n) is 4.16. The Morgan fingerprint density at radius 2 is 1.80 bits per heavy atom. The molecule has 1 aliphatic heterocycles. The highest BCUT2D eigenvalue weighted by atomic mass is 19.1. The molecule has 0 aliphatic carbocycles. The molecule has 2 amide bonds. The number of furan rings is 1. The minimum absolute atomic E-state index is 0.0743. The van der Waals surface area contributed by atoms with Gasteiger partial charge in [0.25, 0.3) is 5.91 Å². The van der Waals surface area contributed by atoms with E-state index in [4.69, 9.17) is 4.42 Å². The fraction of sp³-hybridized carbons (Fsp3) is 0.333. The van der Waals surface area contributed by atoms with E-state index in [1.165, 1.54) is 24.3 Å². The fourth-order valence-electron chi connectivity index (χ4n) is 2.74. The maximum atomic E-state index is 12.9. The predicted octanol–water partition coefficient (Wildman–Crippen LogP) is 1.49. The zero-order chi connectivity index (χ0) is 17.6. The highest BCUT2D eigenvalue weighted by molar-refractivity contribution is 5.94. The first-order chi connectivity index (χ1) is 12.1. The van der Waals surface area contributed by atoms with Crippen LogP contribution in [0.25, 0.3) is 0 Å². The van der Waals surface area contributed by atoms with Gasteiger partial charge in [0.05, 0.1) is 19.4 Å². The van der Waals surface area contributed by atoms with Crippen molar-refractivity contribution in [2.75, 3.05) is 32.7 Å². The molecule has 132 valence electrons. The second-order valence-corrected chi connectivity index (χ2v) is 5.93. The summed E-state index contributed by atoms with van der Waals surface area (Å²) >= 11 is 0. The molecule has 1 fully saturated rings. The standard InChI is InChI=1S/C18H20FN3O3/c19-15-5-3-14(4-6-15)18(24)22-9-7-21(8-10-22)13-17(23)20-12-16-2-1-11-25-16/h1-6,11H,7-10,12-13H2,(H,20,23). The molecule has 1 saturated heterocycles. The molecule has 3 rings (SSSR count). The Labute approximate surface area is 145 Å². The van der Waals surface area contributed by atoms with Crippen molar-refractivity contribution in [2.45, 2.75) is 6.54 Å². The molecule has 6 nitrogen and oxygen atoms in total. The van der Waals surface area contributed by atoms with Gasteiger partial charge in [0.15, 0.2) is 0 Å². The zero-order valence-electron chi connectivity index (χ0n) is 13.8. The van der Waals surface area contributed by atoms with Crippen LogP contribution in [0.15, 0.2) is 47.1 Å². The van der Waals surface area contributed by atoms with Crippen molar-refractivity contribution >= 4 is 11.8 Å². The molecule has 1 aliphatic rings. The average molecular weight is 345 g/mol. The summed E-state index contributed by atoms with van der Waals surface area (Å²) in [5.41, 5.74) is 0.478. The van der Waals surface area contributed by atoms with Gasteiger partial charge in [-0.15, -0.1) is 0 Å². The number of hydrogen-bond donors (Lipinski definition) is 1. The van der Waals surface area contributed by atoms with Gasteiger partial charge in [0.2, 0.25) is 5.91 Å². The lowest BCUT2D eigenvalue weighted by Crippen LogP contribution is -2.51. The van der Waals surface area contributed by atoms with E-state index in [2.05, 4.69) is 5.32 Å². The number of rotatable bonds is 5. The number of carbonyl (C=O) groups excluding carboxylic acids is 2. The van der Waals surface area contributed by atoms with Crippen molar-refractivity contribution in [3.05, 3.63) is 59.8 Å². The highest BCUT2D eigenvalue weighted by Gasteiger charge is 2.23. The second kappa shape index (κ2) is 7.94. The molecule has 2 aromatic rings. The fourth-order valence-corrected chi connectivity index (χ4v) is 2.74. The molecule has 2 heterocycles. The molecule has 0 radical (unpaired) electrons. The lowest BCUT2D eigenvalue weighted by atomic mass is 10.2. The van der Waals surface area contributed by atoms with Gasteiger partial charge in [0.1, 0.15) is 11.6 Å². The molecule has 0 unspecified atom stereocenters. The van der Waals surface area contributed by atoms with Crippen LogP contribution in [0.2, 0.25) is 0 Å².